The molecule has 3 atom stereocenters. The summed E-state index contributed by atoms with van der Waals surface area (Å²) in [7, 11) is 0. The SMILES string of the molecule is CCC1CCCN(CCC2CCCC2(N)C(N)=O)CC1. The zero-order chi connectivity index (χ0) is 14.6. The Balaban J connectivity index is 1.81. The third kappa shape index (κ3) is 3.53. The minimum Gasteiger partial charge on any atom is -0.368 e. The average Bonchev–Trinajstić information content (AvgIpc) is 2.67. The summed E-state index contributed by atoms with van der Waals surface area (Å²) in [5, 5.41) is 0. The number of carbonyl (C=O) groups is 1. The fraction of sp³-hybridized carbons (Fsp3) is 0.938. The maximum Gasteiger partial charge on any atom is 0.237 e. The third-order valence-corrected chi connectivity index (χ3v) is 5.64. The number of rotatable bonds is 5. The van der Waals surface area contributed by atoms with Crippen molar-refractivity contribution in [2.75, 3.05) is 19.6 Å². The summed E-state index contributed by atoms with van der Waals surface area (Å²) in [4.78, 5) is 14.2. The van der Waals surface area contributed by atoms with Crippen molar-refractivity contribution >= 4 is 5.91 Å². The fourth-order valence-electron chi connectivity index (χ4n) is 4.02. The van der Waals surface area contributed by atoms with Crippen LogP contribution in [0.4, 0.5) is 0 Å². The quantitative estimate of drug-likeness (QED) is 0.808. The van der Waals surface area contributed by atoms with Gasteiger partial charge in [0.15, 0.2) is 0 Å². The van der Waals surface area contributed by atoms with Gasteiger partial charge in [-0.3, -0.25) is 4.79 Å². The van der Waals surface area contributed by atoms with Gasteiger partial charge in [-0.15, -0.1) is 0 Å². The first kappa shape index (κ1) is 15.8. The maximum absolute atomic E-state index is 11.6. The van der Waals surface area contributed by atoms with Gasteiger partial charge in [-0.05, 0) is 70.0 Å². The van der Waals surface area contributed by atoms with E-state index in [-0.39, 0.29) is 11.8 Å². The molecule has 1 heterocycles. The Morgan fingerprint density at radius 3 is 2.75 bits per heavy atom. The lowest BCUT2D eigenvalue weighted by Gasteiger charge is -2.30. The van der Waals surface area contributed by atoms with Crippen molar-refractivity contribution in [3.63, 3.8) is 0 Å². The predicted molar refractivity (Wildman–Crippen MR) is 82.1 cm³/mol. The van der Waals surface area contributed by atoms with Gasteiger partial charge in [-0.2, -0.15) is 0 Å². The molecule has 0 aromatic heterocycles. The summed E-state index contributed by atoms with van der Waals surface area (Å²) in [5.41, 5.74) is 11.0. The smallest absolute Gasteiger partial charge is 0.237 e. The van der Waals surface area contributed by atoms with Crippen LogP contribution in [-0.4, -0.2) is 36.0 Å². The molecule has 2 aliphatic rings. The number of nitrogens with two attached hydrogens (primary N) is 2. The van der Waals surface area contributed by atoms with Crippen LogP contribution in [0.3, 0.4) is 0 Å². The van der Waals surface area contributed by atoms with E-state index in [0.717, 1.165) is 38.1 Å². The summed E-state index contributed by atoms with van der Waals surface area (Å²) < 4.78 is 0. The molecule has 1 aliphatic heterocycles. The van der Waals surface area contributed by atoms with E-state index in [0.29, 0.717) is 0 Å². The van der Waals surface area contributed by atoms with Gasteiger partial charge in [0, 0.05) is 0 Å². The van der Waals surface area contributed by atoms with Crippen LogP contribution >= 0.6 is 0 Å². The molecule has 1 aliphatic carbocycles. The first-order chi connectivity index (χ1) is 9.56. The van der Waals surface area contributed by atoms with Crippen LogP contribution in [0.2, 0.25) is 0 Å². The number of primary amides is 1. The molecule has 1 saturated carbocycles. The minimum absolute atomic E-state index is 0.283. The molecule has 0 aromatic rings. The van der Waals surface area contributed by atoms with E-state index in [9.17, 15) is 4.79 Å². The van der Waals surface area contributed by atoms with Gasteiger partial charge >= 0.3 is 0 Å². The maximum atomic E-state index is 11.6. The molecule has 4 N–H and O–H groups in total. The molecule has 2 rings (SSSR count). The highest BCUT2D eigenvalue weighted by Crippen LogP contribution is 2.36. The van der Waals surface area contributed by atoms with Crippen LogP contribution in [0, 0.1) is 11.8 Å². The Kier molecular flexibility index (Phi) is 5.44. The van der Waals surface area contributed by atoms with Gasteiger partial charge < -0.3 is 16.4 Å². The monoisotopic (exact) mass is 281 g/mol. The lowest BCUT2D eigenvalue weighted by atomic mass is 9.85. The van der Waals surface area contributed by atoms with Crippen molar-refractivity contribution in [2.24, 2.45) is 23.3 Å². The Morgan fingerprint density at radius 2 is 2.05 bits per heavy atom. The van der Waals surface area contributed by atoms with E-state index < -0.39 is 5.54 Å². The van der Waals surface area contributed by atoms with Gasteiger partial charge in [0.05, 0.1) is 5.54 Å². The topological polar surface area (TPSA) is 72.3 Å². The van der Waals surface area contributed by atoms with Gasteiger partial charge in [0.2, 0.25) is 5.91 Å². The first-order valence-electron chi connectivity index (χ1n) is 8.37. The number of nitrogens with zero attached hydrogens (tertiary/aromatic N) is 1. The van der Waals surface area contributed by atoms with Crippen molar-refractivity contribution in [3.8, 4) is 0 Å². The molecular weight excluding hydrogens is 250 g/mol. The van der Waals surface area contributed by atoms with Crippen LogP contribution in [-0.2, 0) is 4.79 Å². The molecule has 4 heteroatoms. The molecule has 0 bridgehead atoms. The summed E-state index contributed by atoms with van der Waals surface area (Å²) >= 11 is 0. The highest BCUT2D eigenvalue weighted by molar-refractivity contribution is 5.85. The van der Waals surface area contributed by atoms with E-state index in [4.69, 9.17) is 11.5 Å². The average molecular weight is 281 g/mol. The summed E-state index contributed by atoms with van der Waals surface area (Å²) in [6, 6.07) is 0. The van der Waals surface area contributed by atoms with Crippen molar-refractivity contribution in [1.29, 1.82) is 0 Å². The number of carbonyl (C=O) groups excluding carboxylic acids is 1. The van der Waals surface area contributed by atoms with Crippen LogP contribution < -0.4 is 11.5 Å². The fourth-order valence-corrected chi connectivity index (χ4v) is 4.02. The lowest BCUT2D eigenvalue weighted by molar-refractivity contribution is -0.124. The van der Waals surface area contributed by atoms with Gasteiger partial charge in [-0.25, -0.2) is 0 Å². The minimum atomic E-state index is -0.738. The number of amides is 1. The summed E-state index contributed by atoms with van der Waals surface area (Å²) in [6.45, 7) is 5.79. The molecule has 116 valence electrons. The molecular formula is C16H31N3O. The second-order valence-electron chi connectivity index (χ2n) is 6.83. The zero-order valence-electron chi connectivity index (χ0n) is 12.9. The van der Waals surface area contributed by atoms with E-state index in [2.05, 4.69) is 11.8 Å². The molecule has 0 spiro atoms. The molecule has 20 heavy (non-hydrogen) atoms. The zero-order valence-corrected chi connectivity index (χ0v) is 12.9. The van der Waals surface area contributed by atoms with E-state index in [1.54, 1.807) is 0 Å². The van der Waals surface area contributed by atoms with Crippen molar-refractivity contribution < 1.29 is 4.79 Å². The Morgan fingerprint density at radius 1 is 1.25 bits per heavy atom. The first-order valence-corrected chi connectivity index (χ1v) is 8.37. The highest BCUT2D eigenvalue weighted by atomic mass is 16.1. The second-order valence-corrected chi connectivity index (χ2v) is 6.83. The Bertz CT molecular complexity index is 334. The van der Waals surface area contributed by atoms with Gasteiger partial charge in [0.25, 0.3) is 0 Å². The molecule has 2 fully saturated rings. The molecule has 1 saturated heterocycles. The number of hydrogen-bond donors (Lipinski definition) is 2. The molecule has 0 aromatic carbocycles. The summed E-state index contributed by atoms with van der Waals surface area (Å²) in [5.74, 6) is 0.887. The number of likely N-dealkylation sites (tertiary alicyclic amines) is 1. The highest BCUT2D eigenvalue weighted by Gasteiger charge is 2.44. The standard InChI is InChI=1S/C16H31N3O/c1-2-13-5-4-10-19(11-7-13)12-8-14-6-3-9-16(14,18)15(17)20/h13-14H,2-12,18H2,1H3,(H2,17,20). The second kappa shape index (κ2) is 6.90. The molecule has 0 radical (unpaired) electrons. The van der Waals surface area contributed by atoms with E-state index in [1.807, 2.05) is 0 Å². The van der Waals surface area contributed by atoms with Crippen molar-refractivity contribution in [1.82, 2.24) is 4.90 Å². The van der Waals surface area contributed by atoms with Crippen LogP contribution in [0.5, 0.6) is 0 Å². The van der Waals surface area contributed by atoms with Crippen LogP contribution in [0.15, 0.2) is 0 Å². The predicted octanol–water partition coefficient (Wildman–Crippen LogP) is 1.87. The normalized spacial score (nSPS) is 35.9. The molecule has 4 nitrogen and oxygen atoms in total. The lowest BCUT2D eigenvalue weighted by Crippen LogP contribution is -2.55. The van der Waals surface area contributed by atoms with Crippen molar-refractivity contribution in [2.45, 2.75) is 63.8 Å². The molecule has 1 amide bonds. The van der Waals surface area contributed by atoms with E-state index in [1.165, 1.54) is 38.8 Å². The van der Waals surface area contributed by atoms with Crippen LogP contribution in [0.25, 0.3) is 0 Å². The number of hydrogen-bond acceptors (Lipinski definition) is 3. The Labute approximate surface area is 123 Å². The van der Waals surface area contributed by atoms with Crippen LogP contribution in [0.1, 0.15) is 58.3 Å². The van der Waals surface area contributed by atoms with Gasteiger partial charge in [0.1, 0.15) is 0 Å². The van der Waals surface area contributed by atoms with E-state index >= 15 is 0 Å². The third-order valence-electron chi connectivity index (χ3n) is 5.64. The van der Waals surface area contributed by atoms with Crippen molar-refractivity contribution in [3.05, 3.63) is 0 Å². The van der Waals surface area contributed by atoms with Gasteiger partial charge in [-0.1, -0.05) is 19.8 Å². The summed E-state index contributed by atoms with van der Waals surface area (Å²) in [6.07, 6.45) is 9.22. The Hall–Kier alpha value is -0.610. The largest absolute Gasteiger partial charge is 0.368 e. The molecule has 3 unspecified atom stereocenters.